The molecule has 0 saturated carbocycles. The molecule has 0 bridgehead atoms. The lowest BCUT2D eigenvalue weighted by Crippen LogP contribution is -2.46. The highest BCUT2D eigenvalue weighted by atomic mass is 32.1. The van der Waals surface area contributed by atoms with Crippen molar-refractivity contribution in [3.63, 3.8) is 0 Å². The van der Waals surface area contributed by atoms with Crippen molar-refractivity contribution in [2.75, 3.05) is 20.8 Å². The topological polar surface area (TPSA) is 78.9 Å². The third-order valence-corrected chi connectivity index (χ3v) is 3.52. The summed E-state index contributed by atoms with van der Waals surface area (Å²) in [5.41, 5.74) is 1.03. The Morgan fingerprint density at radius 1 is 1.55 bits per heavy atom. The predicted molar refractivity (Wildman–Crippen MR) is 76.9 cm³/mol. The van der Waals surface area contributed by atoms with Gasteiger partial charge >= 0.3 is 12.0 Å². The van der Waals surface area contributed by atoms with Crippen molar-refractivity contribution >= 4 is 23.3 Å². The van der Waals surface area contributed by atoms with Gasteiger partial charge in [-0.1, -0.05) is 0 Å². The zero-order chi connectivity index (χ0) is 15.0. The summed E-state index contributed by atoms with van der Waals surface area (Å²) in [6, 6.07) is 0.658. The largest absolute Gasteiger partial charge is 0.480 e. The highest BCUT2D eigenvalue weighted by molar-refractivity contribution is 7.07. The quantitative estimate of drug-likeness (QED) is 0.717. The number of ether oxygens (including phenoxy) is 1. The van der Waals surface area contributed by atoms with E-state index in [9.17, 15) is 9.59 Å². The molecular weight excluding hydrogens is 280 g/mol. The van der Waals surface area contributed by atoms with Crippen molar-refractivity contribution in [3.8, 4) is 0 Å². The number of hydrogen-bond acceptors (Lipinski definition) is 4. The average molecular weight is 300 g/mol. The van der Waals surface area contributed by atoms with Crippen LogP contribution >= 0.6 is 11.3 Å². The molecule has 0 radical (unpaired) electrons. The molecule has 1 heterocycles. The van der Waals surface area contributed by atoms with E-state index < -0.39 is 12.0 Å². The molecule has 1 rings (SSSR count). The number of carbonyl (C=O) groups is 2. The van der Waals surface area contributed by atoms with Gasteiger partial charge in [0.25, 0.3) is 0 Å². The maximum absolute atomic E-state index is 11.9. The molecule has 6 nitrogen and oxygen atoms in total. The fourth-order valence-corrected chi connectivity index (χ4v) is 2.34. The number of hydrogen-bond donors (Lipinski definition) is 2. The van der Waals surface area contributed by atoms with Crippen LogP contribution in [0, 0.1) is 0 Å². The number of carboxylic acid groups (broad SMARTS) is 1. The molecule has 20 heavy (non-hydrogen) atoms. The maximum Gasteiger partial charge on any atom is 0.326 e. The summed E-state index contributed by atoms with van der Waals surface area (Å²) in [4.78, 5) is 24.5. The lowest BCUT2D eigenvalue weighted by Gasteiger charge is -2.21. The van der Waals surface area contributed by atoms with Crippen LogP contribution in [-0.2, 0) is 16.1 Å². The molecule has 1 atom stereocenters. The average Bonchev–Trinajstić information content (AvgIpc) is 2.90. The highest BCUT2D eigenvalue weighted by Gasteiger charge is 2.21. The van der Waals surface area contributed by atoms with E-state index in [2.05, 4.69) is 5.32 Å². The van der Waals surface area contributed by atoms with Crippen LogP contribution in [0.3, 0.4) is 0 Å². The molecule has 0 saturated heterocycles. The Balaban J connectivity index is 2.45. The van der Waals surface area contributed by atoms with Crippen molar-refractivity contribution in [1.82, 2.24) is 10.2 Å². The summed E-state index contributed by atoms with van der Waals surface area (Å²) in [7, 11) is 3.20. The highest BCUT2D eigenvalue weighted by Crippen LogP contribution is 2.08. The van der Waals surface area contributed by atoms with Crippen LogP contribution in [0.15, 0.2) is 16.8 Å². The summed E-state index contributed by atoms with van der Waals surface area (Å²) < 4.78 is 4.88. The fourth-order valence-electron chi connectivity index (χ4n) is 1.68. The van der Waals surface area contributed by atoms with Crippen LogP contribution in [0.4, 0.5) is 4.79 Å². The first kappa shape index (κ1) is 16.5. The second-order valence-corrected chi connectivity index (χ2v) is 5.24. The monoisotopic (exact) mass is 300 g/mol. The van der Waals surface area contributed by atoms with Gasteiger partial charge in [0.05, 0.1) is 0 Å². The van der Waals surface area contributed by atoms with Gasteiger partial charge in [-0.3, -0.25) is 0 Å². The van der Waals surface area contributed by atoms with E-state index in [-0.39, 0.29) is 6.03 Å². The Kier molecular flexibility index (Phi) is 7.03. The minimum Gasteiger partial charge on any atom is -0.480 e. The smallest absolute Gasteiger partial charge is 0.326 e. The van der Waals surface area contributed by atoms with Gasteiger partial charge < -0.3 is 20.1 Å². The third kappa shape index (κ3) is 5.58. The number of amides is 2. The van der Waals surface area contributed by atoms with Crippen LogP contribution in [0.1, 0.15) is 18.4 Å². The van der Waals surface area contributed by atoms with Crippen molar-refractivity contribution in [2.24, 2.45) is 0 Å². The van der Waals surface area contributed by atoms with Gasteiger partial charge in [0.1, 0.15) is 6.04 Å². The summed E-state index contributed by atoms with van der Waals surface area (Å²) in [6.45, 7) is 0.935. The van der Waals surface area contributed by atoms with E-state index in [4.69, 9.17) is 9.84 Å². The molecule has 0 fully saturated rings. The van der Waals surface area contributed by atoms with E-state index in [0.717, 1.165) is 5.56 Å². The van der Waals surface area contributed by atoms with Gasteiger partial charge in [-0.15, -0.1) is 0 Å². The van der Waals surface area contributed by atoms with Crippen molar-refractivity contribution in [3.05, 3.63) is 22.4 Å². The Bertz CT molecular complexity index is 422. The van der Waals surface area contributed by atoms with Gasteiger partial charge in [0.2, 0.25) is 0 Å². The number of aliphatic carboxylic acids is 1. The van der Waals surface area contributed by atoms with Crippen molar-refractivity contribution in [1.29, 1.82) is 0 Å². The number of urea groups is 1. The van der Waals surface area contributed by atoms with E-state index in [1.165, 1.54) is 4.90 Å². The maximum atomic E-state index is 11.9. The predicted octanol–water partition coefficient (Wildman–Crippen LogP) is 1.77. The summed E-state index contributed by atoms with van der Waals surface area (Å²) >= 11 is 1.56. The van der Waals surface area contributed by atoms with Gasteiger partial charge in [-0.25, -0.2) is 9.59 Å². The Morgan fingerprint density at radius 3 is 2.85 bits per heavy atom. The first-order valence-corrected chi connectivity index (χ1v) is 7.23. The molecule has 0 spiro atoms. The molecule has 7 heteroatoms. The minimum absolute atomic E-state index is 0.348. The summed E-state index contributed by atoms with van der Waals surface area (Å²) in [5, 5.41) is 15.5. The number of thiophene rings is 1. The van der Waals surface area contributed by atoms with Crippen LogP contribution < -0.4 is 5.32 Å². The summed E-state index contributed by atoms with van der Waals surface area (Å²) in [5.74, 6) is -1.03. The molecule has 0 aliphatic rings. The molecule has 0 aromatic carbocycles. The summed E-state index contributed by atoms with van der Waals surface area (Å²) in [6.07, 6.45) is 0.934. The van der Waals surface area contributed by atoms with Crippen LogP contribution in [0.5, 0.6) is 0 Å². The number of methoxy groups -OCH3 is 1. The normalized spacial score (nSPS) is 11.9. The van der Waals surface area contributed by atoms with E-state index >= 15 is 0 Å². The van der Waals surface area contributed by atoms with E-state index in [1.807, 2.05) is 16.8 Å². The van der Waals surface area contributed by atoms with Crippen LogP contribution in [0.2, 0.25) is 0 Å². The Morgan fingerprint density at radius 2 is 2.30 bits per heavy atom. The molecule has 0 aliphatic heterocycles. The number of nitrogens with one attached hydrogen (secondary N) is 1. The Labute approximate surface area is 122 Å². The van der Waals surface area contributed by atoms with Gasteiger partial charge in [0.15, 0.2) is 0 Å². The van der Waals surface area contributed by atoms with Gasteiger partial charge in [-0.05, 0) is 35.2 Å². The number of nitrogens with zero attached hydrogens (tertiary/aromatic N) is 1. The molecule has 2 N–H and O–H groups in total. The standard InChI is InChI=1S/C13H20N2O4S/c1-15(8-10-5-7-20-9-10)13(18)14-11(12(16)17)4-3-6-19-2/h5,7,9,11H,3-4,6,8H2,1-2H3,(H,14,18)(H,16,17). The van der Waals surface area contributed by atoms with Crippen molar-refractivity contribution in [2.45, 2.75) is 25.4 Å². The first-order valence-electron chi connectivity index (χ1n) is 6.29. The zero-order valence-electron chi connectivity index (χ0n) is 11.7. The number of carbonyl (C=O) groups excluding carboxylic acids is 1. The van der Waals surface area contributed by atoms with Gasteiger partial charge in [0, 0.05) is 27.3 Å². The molecule has 1 aromatic heterocycles. The molecule has 1 aromatic rings. The van der Waals surface area contributed by atoms with E-state index in [0.29, 0.717) is 26.0 Å². The third-order valence-electron chi connectivity index (χ3n) is 2.78. The molecule has 1 unspecified atom stereocenters. The lowest BCUT2D eigenvalue weighted by atomic mass is 10.1. The lowest BCUT2D eigenvalue weighted by molar-refractivity contribution is -0.139. The van der Waals surface area contributed by atoms with E-state index in [1.54, 1.807) is 25.5 Å². The SMILES string of the molecule is COCCCC(NC(=O)N(C)Cc1ccsc1)C(=O)O. The van der Waals surface area contributed by atoms with Crippen LogP contribution in [-0.4, -0.2) is 48.8 Å². The Hall–Kier alpha value is -1.60. The molecule has 112 valence electrons. The zero-order valence-corrected chi connectivity index (χ0v) is 12.5. The van der Waals surface area contributed by atoms with Gasteiger partial charge in [-0.2, -0.15) is 11.3 Å². The number of rotatable bonds is 8. The molecular formula is C13H20N2O4S. The number of carboxylic acids is 1. The van der Waals surface area contributed by atoms with Crippen molar-refractivity contribution < 1.29 is 19.4 Å². The molecule has 2 amide bonds. The second kappa shape index (κ2) is 8.55. The van der Waals surface area contributed by atoms with Crippen LogP contribution in [0.25, 0.3) is 0 Å². The second-order valence-electron chi connectivity index (χ2n) is 4.46. The minimum atomic E-state index is -1.03. The fraction of sp³-hybridized carbons (Fsp3) is 0.538. The first-order chi connectivity index (χ1) is 9.54. The molecule has 0 aliphatic carbocycles.